The molecule has 0 bridgehead atoms. The van der Waals surface area contributed by atoms with E-state index in [4.69, 9.17) is 5.26 Å². The largest absolute Gasteiger partial charge is 0.348 e. The Bertz CT molecular complexity index is 972. The number of nitrogens with zero attached hydrogens (tertiary/aromatic N) is 1. The maximum Gasteiger partial charge on any atom is 0.220 e. The zero-order valence-corrected chi connectivity index (χ0v) is 16.7. The Morgan fingerprint density at radius 2 is 1.93 bits per heavy atom. The first-order valence-corrected chi connectivity index (χ1v) is 11.1. The fourth-order valence-corrected chi connectivity index (χ4v) is 4.75. The first kappa shape index (κ1) is 19.5. The number of sulfonamides is 1. The van der Waals surface area contributed by atoms with Gasteiger partial charge in [0.1, 0.15) is 10.9 Å². The third-order valence-corrected chi connectivity index (χ3v) is 7.52. The van der Waals surface area contributed by atoms with Crippen molar-refractivity contribution in [2.75, 3.05) is 0 Å². The summed E-state index contributed by atoms with van der Waals surface area (Å²) in [5.41, 5.74) is 1.83. The molecule has 1 amide bonds. The number of hydrogen-bond donors (Lipinski definition) is 2. The summed E-state index contributed by atoms with van der Waals surface area (Å²) in [5, 5.41) is 11.3. The Balaban J connectivity index is 1.85. The van der Waals surface area contributed by atoms with Gasteiger partial charge in [-0.3, -0.25) is 4.79 Å². The van der Waals surface area contributed by atoms with Crippen LogP contribution in [0.2, 0.25) is 0 Å². The molecule has 1 saturated heterocycles. The van der Waals surface area contributed by atoms with E-state index >= 15 is 0 Å². The molecule has 2 aromatic rings. The van der Waals surface area contributed by atoms with Gasteiger partial charge in [-0.25, -0.2) is 13.1 Å². The molecular weight excluding hydrogens is 382 g/mol. The van der Waals surface area contributed by atoms with Crippen LogP contribution in [0.3, 0.4) is 0 Å². The van der Waals surface area contributed by atoms with Gasteiger partial charge in [-0.15, -0.1) is 11.3 Å². The van der Waals surface area contributed by atoms with Crippen molar-refractivity contribution in [1.29, 1.82) is 5.26 Å². The van der Waals surface area contributed by atoms with Crippen LogP contribution in [0.25, 0.3) is 10.4 Å². The van der Waals surface area contributed by atoms with Crippen molar-refractivity contribution < 1.29 is 13.2 Å². The molecule has 6 nitrogen and oxygen atoms in total. The zero-order valence-electron chi connectivity index (χ0n) is 15.1. The summed E-state index contributed by atoms with van der Waals surface area (Å²) in [7, 11) is -3.44. The van der Waals surface area contributed by atoms with Gasteiger partial charge in [0, 0.05) is 17.3 Å². The third-order valence-electron chi connectivity index (χ3n) is 4.61. The summed E-state index contributed by atoms with van der Waals surface area (Å²) >= 11 is 1.42. The molecule has 0 aliphatic carbocycles. The highest BCUT2D eigenvalue weighted by atomic mass is 32.2. The maximum atomic E-state index is 12.3. The van der Waals surface area contributed by atoms with Crippen LogP contribution in [0, 0.1) is 11.3 Å². The van der Waals surface area contributed by atoms with E-state index in [0.717, 1.165) is 16.0 Å². The number of benzene rings is 1. The van der Waals surface area contributed by atoms with Crippen molar-refractivity contribution in [3.63, 3.8) is 0 Å². The summed E-state index contributed by atoms with van der Waals surface area (Å²) < 4.78 is 27.3. The molecule has 0 saturated carbocycles. The van der Waals surface area contributed by atoms with Crippen molar-refractivity contribution in [3.05, 3.63) is 46.8 Å². The second-order valence-corrected chi connectivity index (χ2v) is 10.2. The molecule has 27 heavy (non-hydrogen) atoms. The molecule has 2 N–H and O–H groups in total. The van der Waals surface area contributed by atoms with Gasteiger partial charge < -0.3 is 5.32 Å². The highest BCUT2D eigenvalue weighted by Crippen LogP contribution is 2.31. The lowest BCUT2D eigenvalue weighted by molar-refractivity contribution is -0.123. The van der Waals surface area contributed by atoms with Gasteiger partial charge in [0.15, 0.2) is 0 Å². The minimum absolute atomic E-state index is 0.0824. The Labute approximate surface area is 163 Å². The number of rotatable bonds is 5. The number of piperidine rings is 1. The van der Waals surface area contributed by atoms with Crippen LogP contribution in [-0.4, -0.2) is 25.6 Å². The van der Waals surface area contributed by atoms with Crippen LogP contribution in [0.15, 0.2) is 36.4 Å². The number of thiophene rings is 1. The van der Waals surface area contributed by atoms with E-state index in [9.17, 15) is 13.2 Å². The lowest BCUT2D eigenvalue weighted by Gasteiger charge is -2.33. The number of hydrogen-bond acceptors (Lipinski definition) is 5. The Morgan fingerprint density at radius 1 is 1.22 bits per heavy atom. The molecule has 8 heteroatoms. The fraction of sp³-hybridized carbons (Fsp3) is 0.368. The van der Waals surface area contributed by atoms with E-state index < -0.39 is 21.3 Å². The van der Waals surface area contributed by atoms with Gasteiger partial charge in [0.05, 0.1) is 11.3 Å². The first-order valence-electron chi connectivity index (χ1n) is 8.71. The van der Waals surface area contributed by atoms with E-state index in [-0.39, 0.29) is 11.9 Å². The summed E-state index contributed by atoms with van der Waals surface area (Å²) in [4.78, 5) is 13.5. The predicted molar refractivity (Wildman–Crippen MR) is 106 cm³/mol. The summed E-state index contributed by atoms with van der Waals surface area (Å²) in [5.74, 6) is -0.0824. The molecule has 1 fully saturated rings. The van der Waals surface area contributed by atoms with Crippen molar-refractivity contribution >= 4 is 27.3 Å². The summed E-state index contributed by atoms with van der Waals surface area (Å²) in [6, 6.07) is 12.7. The first-order chi connectivity index (χ1) is 12.8. The predicted octanol–water partition coefficient (Wildman–Crippen LogP) is 2.93. The van der Waals surface area contributed by atoms with Crippen LogP contribution in [0.1, 0.15) is 43.2 Å². The van der Waals surface area contributed by atoms with Gasteiger partial charge in [-0.1, -0.05) is 24.3 Å². The minimum atomic E-state index is -3.44. The highest BCUT2D eigenvalue weighted by molar-refractivity contribution is 7.90. The van der Waals surface area contributed by atoms with Crippen LogP contribution in [0.4, 0.5) is 0 Å². The topological polar surface area (TPSA) is 99.1 Å². The molecule has 1 aliphatic rings. The molecule has 0 radical (unpaired) electrons. The standard InChI is InChI=1S/C19H21N3O3S2/c1-12(2)27(24,25)22-16-8-10-18(23)21-19(16)14-5-3-13(4-6-14)17-9-7-15(11-20)26-17/h3-7,9,12,16,19,22H,8,10H2,1-2H3,(H,21,23)/t16-,19+/m0/s1. The zero-order chi connectivity index (χ0) is 19.6. The van der Waals surface area contributed by atoms with E-state index in [1.807, 2.05) is 30.3 Å². The smallest absolute Gasteiger partial charge is 0.220 e. The molecule has 0 unspecified atom stereocenters. The highest BCUT2D eigenvalue weighted by Gasteiger charge is 2.33. The number of carbonyl (C=O) groups excluding carboxylic acids is 1. The van der Waals surface area contributed by atoms with E-state index in [1.165, 1.54) is 11.3 Å². The van der Waals surface area contributed by atoms with Crippen LogP contribution >= 0.6 is 11.3 Å². The number of amides is 1. The number of carbonyl (C=O) groups is 1. The van der Waals surface area contributed by atoms with Crippen molar-refractivity contribution in [3.8, 4) is 16.5 Å². The normalized spacial score (nSPS) is 20.3. The van der Waals surface area contributed by atoms with Crippen LogP contribution < -0.4 is 10.0 Å². The molecule has 2 heterocycles. The average Bonchev–Trinajstić information content (AvgIpc) is 3.12. The molecule has 1 aromatic carbocycles. The van der Waals surface area contributed by atoms with E-state index in [0.29, 0.717) is 17.7 Å². The van der Waals surface area contributed by atoms with Crippen LogP contribution in [-0.2, 0) is 14.8 Å². The quantitative estimate of drug-likeness (QED) is 0.802. The fourth-order valence-electron chi connectivity index (χ4n) is 3.00. The lowest BCUT2D eigenvalue weighted by atomic mass is 9.92. The summed E-state index contributed by atoms with van der Waals surface area (Å²) in [6.07, 6.45) is 0.757. The van der Waals surface area contributed by atoms with Gasteiger partial charge in [0.25, 0.3) is 0 Å². The Morgan fingerprint density at radius 3 is 2.52 bits per heavy atom. The third kappa shape index (κ3) is 4.38. The van der Waals surface area contributed by atoms with Crippen molar-refractivity contribution in [1.82, 2.24) is 10.0 Å². The van der Waals surface area contributed by atoms with Gasteiger partial charge >= 0.3 is 0 Å². The average molecular weight is 404 g/mol. The molecule has 2 atom stereocenters. The molecule has 1 aromatic heterocycles. The van der Waals surface area contributed by atoms with Gasteiger partial charge in [-0.2, -0.15) is 5.26 Å². The van der Waals surface area contributed by atoms with Crippen molar-refractivity contribution in [2.45, 2.75) is 44.0 Å². The summed E-state index contributed by atoms with van der Waals surface area (Å²) in [6.45, 7) is 3.26. The van der Waals surface area contributed by atoms with Crippen LogP contribution in [0.5, 0.6) is 0 Å². The SMILES string of the molecule is CC(C)S(=O)(=O)N[C@H]1CCC(=O)N[C@@H]1c1ccc(-c2ccc(C#N)s2)cc1. The molecule has 1 aliphatic heterocycles. The molecule has 3 rings (SSSR count). The maximum absolute atomic E-state index is 12.3. The van der Waals surface area contributed by atoms with Gasteiger partial charge in [-0.05, 0) is 43.5 Å². The minimum Gasteiger partial charge on any atom is -0.348 e. The lowest BCUT2D eigenvalue weighted by Crippen LogP contribution is -2.51. The second kappa shape index (κ2) is 7.80. The van der Waals surface area contributed by atoms with E-state index in [1.54, 1.807) is 19.9 Å². The van der Waals surface area contributed by atoms with Gasteiger partial charge in [0.2, 0.25) is 15.9 Å². The Kier molecular flexibility index (Phi) is 5.65. The van der Waals surface area contributed by atoms with Crippen molar-refractivity contribution in [2.24, 2.45) is 0 Å². The number of nitrogens with one attached hydrogen (secondary N) is 2. The molecular formula is C19H21N3O3S2. The van der Waals surface area contributed by atoms with E-state index in [2.05, 4.69) is 16.1 Å². The monoisotopic (exact) mass is 403 g/mol. The Hall–Kier alpha value is -2.21. The molecule has 142 valence electrons. The second-order valence-electron chi connectivity index (χ2n) is 6.80. The molecule has 0 spiro atoms. The number of nitriles is 1.